The first-order chi connectivity index (χ1) is 8.62. The van der Waals surface area contributed by atoms with Crippen molar-refractivity contribution in [3.63, 3.8) is 0 Å². The zero-order chi connectivity index (χ0) is 14.7. The summed E-state index contributed by atoms with van der Waals surface area (Å²) < 4.78 is 65.7. The van der Waals surface area contributed by atoms with Gasteiger partial charge in [0.2, 0.25) is 0 Å². The van der Waals surface area contributed by atoms with Gasteiger partial charge in [-0.1, -0.05) is 12.1 Å². The fourth-order valence-corrected chi connectivity index (χ4v) is 1.44. The fourth-order valence-electron chi connectivity index (χ4n) is 0.986. The van der Waals surface area contributed by atoms with Gasteiger partial charge in [-0.3, -0.25) is 0 Å². The maximum atomic E-state index is 12.0. The molecule has 0 bridgehead atoms. The first kappa shape index (κ1) is 20.3. The van der Waals surface area contributed by atoms with E-state index < -0.39 is 28.7 Å². The van der Waals surface area contributed by atoms with Crippen molar-refractivity contribution in [3.8, 4) is 5.75 Å². The topological polar surface area (TPSA) is 93.1 Å². The minimum absolute atomic E-state index is 0. The van der Waals surface area contributed by atoms with Crippen LogP contribution in [0.2, 0.25) is 0 Å². The van der Waals surface area contributed by atoms with E-state index in [0.29, 0.717) is 5.56 Å². The summed E-state index contributed by atoms with van der Waals surface area (Å²) in [6.07, 6.45) is 0. The van der Waals surface area contributed by atoms with E-state index in [-0.39, 0.29) is 58.0 Å². The molecule has 0 aliphatic rings. The number of alkyl halides is 3. The minimum atomic E-state index is -5.70. The molecule has 0 radical (unpaired) electrons. The van der Waals surface area contributed by atoms with Gasteiger partial charge in [-0.2, -0.15) is 21.6 Å². The molecule has 0 fully saturated rings. The zero-order valence-corrected chi connectivity index (χ0v) is 9.98. The van der Waals surface area contributed by atoms with Crippen LogP contribution in [0.4, 0.5) is 13.2 Å². The van der Waals surface area contributed by atoms with Crippen LogP contribution in [-0.2, 0) is 21.4 Å². The van der Waals surface area contributed by atoms with Crippen LogP contribution in [0.15, 0.2) is 24.3 Å². The van der Waals surface area contributed by atoms with E-state index in [1.165, 1.54) is 12.1 Å². The van der Waals surface area contributed by atoms with Crippen molar-refractivity contribution < 1.29 is 40.5 Å². The molecular weight excluding hydrogens is 331 g/mol. The summed E-state index contributed by atoms with van der Waals surface area (Å²) in [7, 11) is -7.69. The Morgan fingerprint density at radius 2 is 1.65 bits per heavy atom. The number of hydrogen-bond acceptors (Lipinski definition) is 6. The number of halogens is 3. The molecule has 2 N–H and O–H groups in total. The van der Waals surface area contributed by atoms with E-state index in [1.807, 2.05) is 0 Å². The number of rotatable bonds is 5. The molecule has 108 valence electrons. The maximum absolute atomic E-state index is 12.0. The van der Waals surface area contributed by atoms with E-state index in [1.54, 1.807) is 0 Å². The Morgan fingerprint density at radius 3 is 2.05 bits per heavy atom. The summed E-state index contributed by atoms with van der Waals surface area (Å²) >= 11 is 0. The molecule has 0 atom stereocenters. The van der Waals surface area contributed by atoms with Crippen LogP contribution in [0.25, 0.3) is 0 Å². The summed E-state index contributed by atoms with van der Waals surface area (Å²) in [4.78, 5) is 0. The van der Waals surface area contributed by atoms with Crippen molar-refractivity contribution in [2.24, 2.45) is 0 Å². The van der Waals surface area contributed by atoms with E-state index in [0.717, 1.165) is 12.1 Å². The molecule has 0 saturated carbocycles. The van der Waals surface area contributed by atoms with Crippen molar-refractivity contribution in [2.75, 3.05) is 0 Å². The van der Waals surface area contributed by atoms with Gasteiger partial charge in [-0.05, 0) is 17.7 Å². The van der Waals surface area contributed by atoms with Crippen molar-refractivity contribution in [3.05, 3.63) is 29.8 Å². The molecule has 1 aromatic rings. The Morgan fingerprint density at radius 1 is 1.15 bits per heavy atom. The van der Waals surface area contributed by atoms with Gasteiger partial charge in [0.1, 0.15) is 5.75 Å². The Bertz CT molecular complexity index is 518. The average molecular weight is 340 g/mol. The van der Waals surface area contributed by atoms with Crippen molar-refractivity contribution in [1.29, 1.82) is 0 Å². The van der Waals surface area contributed by atoms with E-state index in [9.17, 15) is 21.6 Å². The third kappa shape index (κ3) is 6.41. The molecule has 0 amide bonds. The Kier molecular flexibility index (Phi) is 8.24. The predicted molar refractivity (Wildman–Crippen MR) is 64.2 cm³/mol. The van der Waals surface area contributed by atoms with Crippen molar-refractivity contribution >= 4 is 68.8 Å². The van der Waals surface area contributed by atoms with Crippen LogP contribution in [0.1, 0.15) is 5.56 Å². The summed E-state index contributed by atoms with van der Waals surface area (Å²) in [5.41, 5.74) is -5.12. The van der Waals surface area contributed by atoms with Gasteiger partial charge in [0.05, 0.1) is 6.61 Å². The molecule has 1 rings (SSSR count). The standard InChI is InChI=1S/C8H8BF3O6S.K.H/c10-8(11,12)19(15,16)18-7-3-1-6(2-4-7)5-17-9(13)14;;/h1-4,13-14H,5H2;;. The molecule has 20 heavy (non-hydrogen) atoms. The first-order valence-corrected chi connectivity index (χ1v) is 6.10. The quantitative estimate of drug-likeness (QED) is 0.436. The third-order valence-electron chi connectivity index (χ3n) is 1.81. The van der Waals surface area contributed by atoms with Crippen LogP contribution < -0.4 is 4.18 Å². The summed E-state index contributed by atoms with van der Waals surface area (Å²) in [5, 5.41) is 16.8. The van der Waals surface area contributed by atoms with Gasteiger partial charge in [0.15, 0.2) is 0 Å². The van der Waals surface area contributed by atoms with Gasteiger partial charge in [-0.25, -0.2) is 0 Å². The molecule has 0 aromatic heterocycles. The summed E-state index contributed by atoms with van der Waals surface area (Å²) in [6, 6.07) is 4.38. The zero-order valence-electron chi connectivity index (χ0n) is 9.16. The van der Waals surface area contributed by atoms with E-state index in [4.69, 9.17) is 10.0 Å². The average Bonchev–Trinajstić information content (AvgIpc) is 2.26. The van der Waals surface area contributed by atoms with Crippen molar-refractivity contribution in [1.82, 2.24) is 0 Å². The molecule has 1 aromatic carbocycles. The first-order valence-electron chi connectivity index (χ1n) is 4.69. The van der Waals surface area contributed by atoms with Gasteiger partial charge in [0, 0.05) is 0 Å². The second-order valence-electron chi connectivity index (χ2n) is 3.26. The van der Waals surface area contributed by atoms with Crippen LogP contribution in [0, 0.1) is 0 Å². The fraction of sp³-hybridized carbons (Fsp3) is 0.250. The molecule has 0 heterocycles. The van der Waals surface area contributed by atoms with Gasteiger partial charge in [0.25, 0.3) is 0 Å². The normalized spacial score (nSPS) is 11.7. The van der Waals surface area contributed by atoms with Crippen LogP contribution in [-0.4, -0.2) is 82.7 Å². The predicted octanol–water partition coefficient (Wildman–Crippen LogP) is -0.247. The molecular formula is C8H9BF3KO6S. The number of hydrogen-bond donors (Lipinski definition) is 2. The van der Waals surface area contributed by atoms with Crippen LogP contribution in [0.3, 0.4) is 0 Å². The van der Waals surface area contributed by atoms with Gasteiger partial charge >= 0.3 is 74.3 Å². The Balaban J connectivity index is 0.00000361. The third-order valence-corrected chi connectivity index (χ3v) is 2.79. The number of benzene rings is 1. The Labute approximate surface area is 155 Å². The molecule has 12 heteroatoms. The SMILES string of the molecule is O=S(=O)(Oc1ccc(COB(O)O)cc1)C(F)(F)F.[KH]. The second kappa shape index (κ2) is 8.10. The molecule has 0 saturated heterocycles. The summed E-state index contributed by atoms with van der Waals surface area (Å²) in [5.74, 6) is -0.523. The van der Waals surface area contributed by atoms with Gasteiger partial charge in [-0.15, -0.1) is 0 Å². The monoisotopic (exact) mass is 340 g/mol. The molecule has 0 unspecified atom stereocenters. The second-order valence-corrected chi connectivity index (χ2v) is 4.80. The summed E-state index contributed by atoms with van der Waals surface area (Å²) in [6.45, 7) is -0.218. The van der Waals surface area contributed by atoms with E-state index >= 15 is 0 Å². The van der Waals surface area contributed by atoms with Gasteiger partial charge < -0.3 is 18.9 Å². The molecule has 0 aliphatic heterocycles. The van der Waals surface area contributed by atoms with E-state index in [2.05, 4.69) is 8.84 Å². The van der Waals surface area contributed by atoms with Crippen molar-refractivity contribution in [2.45, 2.75) is 12.1 Å². The molecule has 0 aliphatic carbocycles. The molecule has 6 nitrogen and oxygen atoms in total. The Hall–Kier alpha value is 0.341. The molecule has 0 spiro atoms. The van der Waals surface area contributed by atoms with Crippen LogP contribution >= 0.6 is 0 Å². The van der Waals surface area contributed by atoms with Crippen LogP contribution in [0.5, 0.6) is 5.75 Å².